The maximum absolute atomic E-state index is 5.36. The summed E-state index contributed by atoms with van der Waals surface area (Å²) in [6, 6.07) is 11.9. The molecule has 0 fully saturated rings. The van der Waals surface area contributed by atoms with Gasteiger partial charge < -0.3 is 15.4 Å². The van der Waals surface area contributed by atoms with Gasteiger partial charge in [-0.2, -0.15) is 0 Å². The summed E-state index contributed by atoms with van der Waals surface area (Å²) in [6.45, 7) is 6.11. The van der Waals surface area contributed by atoms with Gasteiger partial charge in [-0.1, -0.05) is 24.3 Å². The number of hydrogen-bond acceptors (Lipinski definition) is 3. The molecule has 0 saturated carbocycles. The maximum Gasteiger partial charge on any atom is 0.191 e. The van der Waals surface area contributed by atoms with E-state index in [2.05, 4.69) is 33.6 Å². The number of pyridine rings is 1. The lowest BCUT2D eigenvalue weighted by Crippen LogP contribution is -2.37. The van der Waals surface area contributed by atoms with Gasteiger partial charge in [0.05, 0.1) is 25.9 Å². The van der Waals surface area contributed by atoms with Crippen molar-refractivity contribution in [1.82, 2.24) is 15.6 Å². The molecular formula is C18H25IN4O. The Balaban J connectivity index is 0.00000288. The highest BCUT2D eigenvalue weighted by molar-refractivity contribution is 14.0. The Kier molecular flexibility index (Phi) is 9.14. The van der Waals surface area contributed by atoms with Crippen molar-refractivity contribution in [2.75, 3.05) is 13.7 Å². The van der Waals surface area contributed by atoms with Gasteiger partial charge in [0.2, 0.25) is 0 Å². The first-order valence-electron chi connectivity index (χ1n) is 7.79. The van der Waals surface area contributed by atoms with Gasteiger partial charge in [-0.05, 0) is 31.5 Å². The normalized spacial score (nSPS) is 10.7. The molecule has 1 aromatic heterocycles. The van der Waals surface area contributed by atoms with Crippen LogP contribution in [0.4, 0.5) is 0 Å². The molecule has 2 aromatic rings. The number of aliphatic imine (C=N–C) groups is 1. The van der Waals surface area contributed by atoms with Crippen molar-refractivity contribution in [2.24, 2.45) is 4.99 Å². The van der Waals surface area contributed by atoms with Crippen molar-refractivity contribution < 1.29 is 4.74 Å². The van der Waals surface area contributed by atoms with Gasteiger partial charge in [0.1, 0.15) is 5.75 Å². The van der Waals surface area contributed by atoms with Crippen LogP contribution in [-0.4, -0.2) is 24.6 Å². The molecule has 24 heavy (non-hydrogen) atoms. The van der Waals surface area contributed by atoms with Crippen LogP contribution in [0.15, 0.2) is 47.6 Å². The van der Waals surface area contributed by atoms with Crippen LogP contribution >= 0.6 is 24.0 Å². The monoisotopic (exact) mass is 440 g/mol. The molecule has 0 atom stereocenters. The SMILES string of the molecule is CCNC(=NCc1ccccc1OC)NCc1ncccc1C.I. The first-order chi connectivity index (χ1) is 11.2. The average Bonchev–Trinajstić information content (AvgIpc) is 2.59. The molecule has 0 radical (unpaired) electrons. The molecule has 0 bridgehead atoms. The second-order valence-electron chi connectivity index (χ2n) is 5.13. The van der Waals surface area contributed by atoms with Gasteiger partial charge in [0, 0.05) is 18.3 Å². The molecule has 1 aromatic carbocycles. The van der Waals surface area contributed by atoms with Crippen molar-refractivity contribution >= 4 is 29.9 Å². The summed E-state index contributed by atoms with van der Waals surface area (Å²) in [5.74, 6) is 1.62. The molecule has 1 heterocycles. The second-order valence-corrected chi connectivity index (χ2v) is 5.13. The number of halogens is 1. The van der Waals surface area contributed by atoms with E-state index >= 15 is 0 Å². The number of para-hydroxylation sites is 1. The number of benzene rings is 1. The van der Waals surface area contributed by atoms with Gasteiger partial charge >= 0.3 is 0 Å². The summed E-state index contributed by atoms with van der Waals surface area (Å²) in [7, 11) is 1.68. The summed E-state index contributed by atoms with van der Waals surface area (Å²) in [6.07, 6.45) is 1.81. The Morgan fingerprint density at radius 3 is 2.67 bits per heavy atom. The highest BCUT2D eigenvalue weighted by Crippen LogP contribution is 2.17. The molecule has 5 nitrogen and oxygen atoms in total. The van der Waals surface area contributed by atoms with Crippen molar-refractivity contribution in [1.29, 1.82) is 0 Å². The summed E-state index contributed by atoms with van der Waals surface area (Å²) < 4.78 is 5.36. The number of nitrogens with one attached hydrogen (secondary N) is 2. The molecule has 130 valence electrons. The van der Waals surface area contributed by atoms with E-state index in [-0.39, 0.29) is 24.0 Å². The smallest absolute Gasteiger partial charge is 0.191 e. The number of nitrogens with zero attached hydrogens (tertiary/aromatic N) is 2. The molecular weight excluding hydrogens is 415 g/mol. The zero-order valence-corrected chi connectivity index (χ0v) is 16.7. The Labute approximate surface area is 161 Å². The number of hydrogen-bond donors (Lipinski definition) is 2. The molecule has 2 rings (SSSR count). The fraction of sp³-hybridized carbons (Fsp3) is 0.333. The number of methoxy groups -OCH3 is 1. The predicted molar refractivity (Wildman–Crippen MR) is 109 cm³/mol. The third kappa shape index (κ3) is 5.99. The van der Waals surface area contributed by atoms with Crippen LogP contribution in [0.5, 0.6) is 5.75 Å². The molecule has 6 heteroatoms. The van der Waals surface area contributed by atoms with E-state index in [1.54, 1.807) is 7.11 Å². The zero-order valence-electron chi connectivity index (χ0n) is 14.4. The molecule has 0 unspecified atom stereocenters. The van der Waals surface area contributed by atoms with Crippen molar-refractivity contribution in [3.05, 3.63) is 59.4 Å². The third-order valence-corrected chi connectivity index (χ3v) is 3.49. The van der Waals surface area contributed by atoms with Crippen LogP contribution in [0.3, 0.4) is 0 Å². The van der Waals surface area contributed by atoms with E-state index in [9.17, 15) is 0 Å². The van der Waals surface area contributed by atoms with Gasteiger partial charge in [0.25, 0.3) is 0 Å². The van der Waals surface area contributed by atoms with Crippen molar-refractivity contribution in [2.45, 2.75) is 26.9 Å². The summed E-state index contributed by atoms with van der Waals surface area (Å²) >= 11 is 0. The fourth-order valence-electron chi connectivity index (χ4n) is 2.21. The largest absolute Gasteiger partial charge is 0.496 e. The standard InChI is InChI=1S/C18H24N4O.HI/c1-4-19-18(22-13-16-14(2)8-7-11-20-16)21-12-15-9-5-6-10-17(15)23-3;/h5-11H,4,12-13H2,1-3H3,(H2,19,21,22);1H. The minimum atomic E-state index is 0. The lowest BCUT2D eigenvalue weighted by Gasteiger charge is -2.12. The molecule has 0 spiro atoms. The Bertz CT molecular complexity index is 661. The molecule has 0 amide bonds. The quantitative estimate of drug-likeness (QED) is 0.411. The summed E-state index contributed by atoms with van der Waals surface area (Å²) in [5.41, 5.74) is 3.25. The van der Waals surface area contributed by atoms with Crippen LogP contribution in [-0.2, 0) is 13.1 Å². The molecule has 0 aliphatic rings. The van der Waals surface area contributed by atoms with E-state index in [1.165, 1.54) is 5.56 Å². The Hall–Kier alpha value is -1.83. The van der Waals surface area contributed by atoms with Crippen molar-refractivity contribution in [3.63, 3.8) is 0 Å². The van der Waals surface area contributed by atoms with Crippen LogP contribution in [0.25, 0.3) is 0 Å². The number of rotatable bonds is 6. The van der Waals surface area contributed by atoms with Crippen LogP contribution in [0.2, 0.25) is 0 Å². The zero-order chi connectivity index (χ0) is 16.5. The predicted octanol–water partition coefficient (Wildman–Crippen LogP) is 3.27. The summed E-state index contributed by atoms with van der Waals surface area (Å²) in [5, 5.41) is 6.57. The van der Waals surface area contributed by atoms with Crippen LogP contribution in [0.1, 0.15) is 23.7 Å². The van der Waals surface area contributed by atoms with Gasteiger partial charge in [-0.15, -0.1) is 24.0 Å². The summed E-state index contributed by atoms with van der Waals surface area (Å²) in [4.78, 5) is 9.01. The van der Waals surface area contributed by atoms with Crippen molar-refractivity contribution in [3.8, 4) is 5.75 Å². The number of aromatic nitrogens is 1. The van der Waals surface area contributed by atoms with Crippen LogP contribution in [0, 0.1) is 6.92 Å². The molecule has 0 aliphatic heterocycles. The van der Waals surface area contributed by atoms with Crippen LogP contribution < -0.4 is 15.4 Å². The third-order valence-electron chi connectivity index (χ3n) is 3.49. The Morgan fingerprint density at radius 1 is 1.17 bits per heavy atom. The molecule has 0 aliphatic carbocycles. The van der Waals surface area contributed by atoms with E-state index < -0.39 is 0 Å². The van der Waals surface area contributed by atoms with E-state index in [1.807, 2.05) is 43.5 Å². The highest BCUT2D eigenvalue weighted by atomic mass is 127. The number of aryl methyl sites for hydroxylation is 1. The number of ether oxygens (including phenoxy) is 1. The number of guanidine groups is 1. The highest BCUT2D eigenvalue weighted by Gasteiger charge is 2.04. The minimum absolute atomic E-state index is 0. The second kappa shape index (κ2) is 10.9. The lowest BCUT2D eigenvalue weighted by molar-refractivity contribution is 0.410. The Morgan fingerprint density at radius 2 is 1.96 bits per heavy atom. The minimum Gasteiger partial charge on any atom is -0.496 e. The van der Waals surface area contributed by atoms with E-state index in [0.717, 1.165) is 29.5 Å². The maximum atomic E-state index is 5.36. The van der Waals surface area contributed by atoms with E-state index in [0.29, 0.717) is 13.1 Å². The van der Waals surface area contributed by atoms with Gasteiger partial charge in [0.15, 0.2) is 5.96 Å². The van der Waals surface area contributed by atoms with Gasteiger partial charge in [-0.3, -0.25) is 4.98 Å². The first kappa shape index (κ1) is 20.2. The van der Waals surface area contributed by atoms with Gasteiger partial charge in [-0.25, -0.2) is 4.99 Å². The first-order valence-corrected chi connectivity index (χ1v) is 7.79. The lowest BCUT2D eigenvalue weighted by atomic mass is 10.2. The average molecular weight is 440 g/mol. The molecule has 2 N–H and O–H groups in total. The fourth-order valence-corrected chi connectivity index (χ4v) is 2.21. The van der Waals surface area contributed by atoms with E-state index in [4.69, 9.17) is 4.74 Å². The topological polar surface area (TPSA) is 58.5 Å². The molecule has 0 saturated heterocycles.